The van der Waals surface area contributed by atoms with Crippen molar-refractivity contribution < 1.29 is 24.5 Å². The Balaban J connectivity index is 1.68. The largest absolute Gasteiger partial charge is 0.501 e. The maximum atomic E-state index is 11.8. The van der Waals surface area contributed by atoms with Crippen molar-refractivity contribution in [3.05, 3.63) is 23.5 Å². The zero-order chi connectivity index (χ0) is 20.3. The highest BCUT2D eigenvalue weighted by Crippen LogP contribution is 2.67. The monoisotopic (exact) mass is 390 g/mol. The molecule has 0 aliphatic heterocycles. The lowest BCUT2D eigenvalue weighted by atomic mass is 9.47. The Kier molecular flexibility index (Phi) is 4.70. The molecule has 0 heterocycles. The number of carboxylic acid groups (broad SMARTS) is 1. The smallest absolute Gasteiger partial charge is 0.335 e. The van der Waals surface area contributed by atoms with Gasteiger partial charge in [0.2, 0.25) is 0 Å². The number of methoxy groups -OCH3 is 2. The number of fused-ring (bicyclic) bond motifs is 5. The van der Waals surface area contributed by atoms with Crippen molar-refractivity contribution in [2.24, 2.45) is 28.6 Å². The molecule has 0 bridgehead atoms. The van der Waals surface area contributed by atoms with Gasteiger partial charge in [0, 0.05) is 18.9 Å². The van der Waals surface area contributed by atoms with Gasteiger partial charge in [-0.3, -0.25) is 0 Å². The molecule has 5 nitrogen and oxygen atoms in total. The Labute approximate surface area is 167 Å². The molecule has 0 amide bonds. The van der Waals surface area contributed by atoms with E-state index >= 15 is 0 Å². The number of carboxylic acids is 1. The van der Waals surface area contributed by atoms with Crippen LogP contribution in [-0.2, 0) is 14.3 Å². The molecular formula is C23H34O5. The quantitative estimate of drug-likeness (QED) is 0.761. The Bertz CT molecular complexity index is 727. The predicted octanol–water partition coefficient (Wildman–Crippen LogP) is 3.92. The molecule has 2 saturated carbocycles. The number of ether oxygens (including phenoxy) is 2. The Morgan fingerprint density at radius 2 is 1.89 bits per heavy atom. The minimum Gasteiger partial charge on any atom is -0.501 e. The van der Waals surface area contributed by atoms with Crippen molar-refractivity contribution in [1.82, 2.24) is 0 Å². The average Bonchev–Trinajstić information content (AvgIpc) is 2.93. The first-order valence-corrected chi connectivity index (χ1v) is 10.6. The number of aliphatic carboxylic acids is 1. The van der Waals surface area contributed by atoms with Crippen molar-refractivity contribution >= 4 is 5.97 Å². The lowest BCUT2D eigenvalue weighted by Gasteiger charge is -2.58. The van der Waals surface area contributed by atoms with Crippen molar-refractivity contribution in [3.63, 3.8) is 0 Å². The van der Waals surface area contributed by atoms with Crippen LogP contribution in [0.3, 0.4) is 0 Å². The van der Waals surface area contributed by atoms with Crippen LogP contribution in [0.5, 0.6) is 0 Å². The summed E-state index contributed by atoms with van der Waals surface area (Å²) in [7, 11) is 3.15. The van der Waals surface area contributed by atoms with Gasteiger partial charge < -0.3 is 19.7 Å². The van der Waals surface area contributed by atoms with Crippen LogP contribution in [0, 0.1) is 28.6 Å². The first-order chi connectivity index (χ1) is 13.2. The Morgan fingerprint density at radius 1 is 1.18 bits per heavy atom. The molecule has 4 aliphatic carbocycles. The van der Waals surface area contributed by atoms with E-state index in [2.05, 4.69) is 26.0 Å². The molecule has 7 atom stereocenters. The van der Waals surface area contributed by atoms with Crippen LogP contribution in [0.4, 0.5) is 0 Å². The van der Waals surface area contributed by atoms with Crippen LogP contribution < -0.4 is 0 Å². The molecule has 0 aromatic heterocycles. The molecule has 0 saturated heterocycles. The molecule has 1 unspecified atom stereocenters. The molecule has 28 heavy (non-hydrogen) atoms. The molecule has 0 spiro atoms. The van der Waals surface area contributed by atoms with E-state index in [1.54, 1.807) is 7.11 Å². The molecular weight excluding hydrogens is 356 g/mol. The highest BCUT2D eigenvalue weighted by molar-refractivity contribution is 5.74. The average molecular weight is 391 g/mol. The second-order valence-electron chi connectivity index (χ2n) is 9.88. The van der Waals surface area contributed by atoms with E-state index in [4.69, 9.17) is 9.47 Å². The summed E-state index contributed by atoms with van der Waals surface area (Å²) in [5.41, 5.74) is -0.157. The summed E-state index contributed by atoms with van der Waals surface area (Å²) in [6, 6.07) is 0. The van der Waals surface area contributed by atoms with Crippen LogP contribution >= 0.6 is 0 Å². The number of hydrogen-bond acceptors (Lipinski definition) is 4. The van der Waals surface area contributed by atoms with Crippen molar-refractivity contribution in [2.45, 2.75) is 70.5 Å². The number of aliphatic hydroxyl groups is 1. The molecule has 2 N–H and O–H groups in total. The normalized spacial score (nSPS) is 45.8. The van der Waals surface area contributed by atoms with Gasteiger partial charge in [-0.25, -0.2) is 4.79 Å². The highest BCUT2D eigenvalue weighted by atomic mass is 16.5. The summed E-state index contributed by atoms with van der Waals surface area (Å²) in [5.74, 6) is 1.41. The Morgan fingerprint density at radius 3 is 2.54 bits per heavy atom. The van der Waals surface area contributed by atoms with E-state index in [-0.39, 0.29) is 5.41 Å². The molecule has 156 valence electrons. The number of hydrogen-bond donors (Lipinski definition) is 2. The van der Waals surface area contributed by atoms with E-state index in [0.717, 1.165) is 44.3 Å². The van der Waals surface area contributed by atoms with E-state index in [0.29, 0.717) is 24.2 Å². The van der Waals surface area contributed by atoms with E-state index in [9.17, 15) is 15.0 Å². The maximum Gasteiger partial charge on any atom is 0.335 e. The van der Waals surface area contributed by atoms with E-state index in [1.165, 1.54) is 12.7 Å². The van der Waals surface area contributed by atoms with Gasteiger partial charge in [0.1, 0.15) is 5.60 Å². The molecule has 5 heteroatoms. The van der Waals surface area contributed by atoms with Gasteiger partial charge in [0.05, 0.1) is 12.9 Å². The third-order valence-electron chi connectivity index (χ3n) is 9.10. The van der Waals surface area contributed by atoms with Gasteiger partial charge in [-0.15, -0.1) is 0 Å². The topological polar surface area (TPSA) is 76.0 Å². The lowest BCUT2D eigenvalue weighted by Crippen LogP contribution is -2.60. The van der Waals surface area contributed by atoms with Crippen molar-refractivity contribution in [2.75, 3.05) is 14.2 Å². The zero-order valence-corrected chi connectivity index (χ0v) is 17.5. The summed E-state index contributed by atoms with van der Waals surface area (Å²) in [4.78, 5) is 11.8. The van der Waals surface area contributed by atoms with E-state index < -0.39 is 23.1 Å². The first-order valence-electron chi connectivity index (χ1n) is 10.6. The lowest BCUT2D eigenvalue weighted by molar-refractivity contribution is -0.198. The summed E-state index contributed by atoms with van der Waals surface area (Å²) in [6.45, 7) is 4.51. The summed E-state index contributed by atoms with van der Waals surface area (Å²) in [5, 5.41) is 21.2. The van der Waals surface area contributed by atoms with Gasteiger partial charge in [-0.1, -0.05) is 19.9 Å². The third-order valence-corrected chi connectivity index (χ3v) is 9.10. The van der Waals surface area contributed by atoms with Crippen LogP contribution in [0.2, 0.25) is 0 Å². The molecule has 0 aromatic rings. The fourth-order valence-electron chi connectivity index (χ4n) is 7.44. The van der Waals surface area contributed by atoms with Gasteiger partial charge in [0.15, 0.2) is 6.10 Å². The van der Waals surface area contributed by atoms with Crippen molar-refractivity contribution in [3.8, 4) is 0 Å². The van der Waals surface area contributed by atoms with Gasteiger partial charge in [-0.2, -0.15) is 0 Å². The molecule has 0 radical (unpaired) electrons. The molecule has 2 fully saturated rings. The van der Waals surface area contributed by atoms with Crippen LogP contribution in [0.25, 0.3) is 0 Å². The standard InChI is InChI=1S/C23H34O5/c1-21-10-7-15(27-3)13-14(21)5-6-16-17(21)8-11-22(2)18(16)9-12-23(22,26)19(28-4)20(24)25/h5,13,16-19,26H,6-12H2,1-4H3,(H,24,25)/t16-,17+,18+,19?,21+,22+,23-/m1/s1. The maximum absolute atomic E-state index is 11.8. The number of allylic oxidation sites excluding steroid dienone is 4. The second kappa shape index (κ2) is 6.60. The fourth-order valence-corrected chi connectivity index (χ4v) is 7.44. The Hall–Kier alpha value is -1.33. The first kappa shape index (κ1) is 20.0. The van der Waals surface area contributed by atoms with Crippen LogP contribution in [0.1, 0.15) is 58.8 Å². The molecule has 4 rings (SSSR count). The summed E-state index contributed by atoms with van der Waals surface area (Å²) in [6.07, 6.45) is 9.80. The predicted molar refractivity (Wildman–Crippen MR) is 106 cm³/mol. The number of carbonyl (C=O) groups is 1. The second-order valence-corrected chi connectivity index (χ2v) is 9.88. The summed E-state index contributed by atoms with van der Waals surface area (Å²) >= 11 is 0. The molecule has 0 aromatic carbocycles. The third kappa shape index (κ3) is 2.48. The number of rotatable bonds is 4. The fraction of sp³-hybridized carbons (Fsp3) is 0.783. The zero-order valence-electron chi connectivity index (χ0n) is 17.5. The minimum atomic E-state index is -1.30. The highest BCUT2D eigenvalue weighted by Gasteiger charge is 2.67. The molecule has 4 aliphatic rings. The van der Waals surface area contributed by atoms with Crippen molar-refractivity contribution in [1.29, 1.82) is 0 Å². The van der Waals surface area contributed by atoms with Crippen LogP contribution in [0.15, 0.2) is 23.5 Å². The minimum absolute atomic E-state index is 0.153. The van der Waals surface area contributed by atoms with Gasteiger partial charge >= 0.3 is 5.97 Å². The van der Waals surface area contributed by atoms with Gasteiger partial charge in [0.25, 0.3) is 0 Å². The van der Waals surface area contributed by atoms with Crippen LogP contribution in [-0.4, -0.2) is 42.1 Å². The SMILES string of the molecule is COC1=CC2=CC[C@@H]3[C@H](CC[C@@]4(C)[C@H]3CC[C@@]4(O)C(OC)C(=O)O)[C@@]2(C)CC1. The van der Waals surface area contributed by atoms with Gasteiger partial charge in [-0.05, 0) is 73.3 Å². The summed E-state index contributed by atoms with van der Waals surface area (Å²) < 4.78 is 10.8. The van der Waals surface area contributed by atoms with E-state index in [1.807, 2.05) is 0 Å².